The monoisotopic (exact) mass is 341 g/mol. The molecule has 1 amide bonds. The van der Waals surface area contributed by atoms with Gasteiger partial charge in [0.15, 0.2) is 5.69 Å². The fourth-order valence-corrected chi connectivity index (χ4v) is 2.83. The Kier molecular flexibility index (Phi) is 4.63. The standard InChI is InChI=1S/C16H12FN5OS/c17-13-6-2-1-5-12(13)14(8-18)19-16(23)15-10-22(21-20-15)9-11-4-3-7-24-11/h1-7,10,14H,9H2,(H,19,23)/t14-/m1/s1. The van der Waals surface area contributed by atoms with Gasteiger partial charge in [-0.15, -0.1) is 16.4 Å². The quantitative estimate of drug-likeness (QED) is 0.773. The third-order valence-corrected chi connectivity index (χ3v) is 4.15. The molecule has 1 aromatic carbocycles. The molecule has 0 aliphatic carbocycles. The van der Waals surface area contributed by atoms with Crippen LogP contribution in [0, 0.1) is 17.1 Å². The zero-order valence-electron chi connectivity index (χ0n) is 12.4. The van der Waals surface area contributed by atoms with Gasteiger partial charge < -0.3 is 5.32 Å². The molecule has 2 aromatic heterocycles. The second-order valence-electron chi connectivity index (χ2n) is 4.94. The van der Waals surface area contributed by atoms with E-state index in [-0.39, 0.29) is 11.3 Å². The van der Waals surface area contributed by atoms with Crippen LogP contribution in [0.15, 0.2) is 48.0 Å². The number of nitriles is 1. The molecule has 0 radical (unpaired) electrons. The van der Waals surface area contributed by atoms with E-state index in [4.69, 9.17) is 0 Å². The summed E-state index contributed by atoms with van der Waals surface area (Å²) in [5, 5.41) is 21.3. The van der Waals surface area contributed by atoms with Crippen LogP contribution in [-0.2, 0) is 6.54 Å². The maximum absolute atomic E-state index is 13.8. The van der Waals surface area contributed by atoms with Gasteiger partial charge in [-0.05, 0) is 17.5 Å². The predicted molar refractivity (Wildman–Crippen MR) is 85.7 cm³/mol. The van der Waals surface area contributed by atoms with Gasteiger partial charge in [0, 0.05) is 10.4 Å². The summed E-state index contributed by atoms with van der Waals surface area (Å²) in [7, 11) is 0. The van der Waals surface area contributed by atoms with E-state index < -0.39 is 17.8 Å². The van der Waals surface area contributed by atoms with Crippen LogP contribution in [0.3, 0.4) is 0 Å². The summed E-state index contributed by atoms with van der Waals surface area (Å²) >= 11 is 1.57. The molecule has 3 rings (SSSR count). The van der Waals surface area contributed by atoms with Gasteiger partial charge in [0.05, 0.1) is 18.8 Å². The average molecular weight is 341 g/mol. The van der Waals surface area contributed by atoms with E-state index in [1.54, 1.807) is 17.4 Å². The first-order chi connectivity index (χ1) is 11.7. The van der Waals surface area contributed by atoms with E-state index in [1.165, 1.54) is 29.1 Å². The maximum atomic E-state index is 13.8. The number of thiophene rings is 1. The van der Waals surface area contributed by atoms with Crippen molar-refractivity contribution in [1.29, 1.82) is 5.26 Å². The lowest BCUT2D eigenvalue weighted by atomic mass is 10.1. The van der Waals surface area contributed by atoms with E-state index in [0.29, 0.717) is 6.54 Å². The number of benzene rings is 1. The maximum Gasteiger partial charge on any atom is 0.274 e. The minimum Gasteiger partial charge on any atom is -0.331 e. The number of aromatic nitrogens is 3. The van der Waals surface area contributed by atoms with E-state index in [9.17, 15) is 14.4 Å². The van der Waals surface area contributed by atoms with Gasteiger partial charge in [-0.2, -0.15) is 5.26 Å². The van der Waals surface area contributed by atoms with Crippen LogP contribution in [0.1, 0.15) is 27.0 Å². The number of carbonyl (C=O) groups is 1. The summed E-state index contributed by atoms with van der Waals surface area (Å²) in [4.78, 5) is 13.3. The van der Waals surface area contributed by atoms with Crippen LogP contribution in [0.4, 0.5) is 4.39 Å². The Morgan fingerprint density at radius 2 is 2.21 bits per heavy atom. The molecule has 0 aliphatic rings. The van der Waals surface area contributed by atoms with Gasteiger partial charge in [0.2, 0.25) is 0 Å². The van der Waals surface area contributed by atoms with Crippen LogP contribution in [0.25, 0.3) is 0 Å². The molecular weight excluding hydrogens is 329 g/mol. The highest BCUT2D eigenvalue weighted by Gasteiger charge is 2.20. The zero-order valence-corrected chi connectivity index (χ0v) is 13.2. The summed E-state index contributed by atoms with van der Waals surface area (Å²) in [5.74, 6) is -1.13. The normalized spacial score (nSPS) is 11.7. The molecule has 2 heterocycles. The Labute approximate surface area is 141 Å². The SMILES string of the molecule is N#C[C@@H](NC(=O)c1cn(Cc2cccs2)nn1)c1ccccc1F. The molecule has 0 unspecified atom stereocenters. The van der Waals surface area contributed by atoms with Crippen molar-refractivity contribution in [1.82, 2.24) is 20.3 Å². The molecular formula is C16H12FN5OS. The highest BCUT2D eigenvalue weighted by Crippen LogP contribution is 2.16. The number of amides is 1. The first kappa shape index (κ1) is 15.8. The molecule has 1 N–H and O–H groups in total. The fourth-order valence-electron chi connectivity index (χ4n) is 2.14. The average Bonchev–Trinajstić information content (AvgIpc) is 3.26. The van der Waals surface area contributed by atoms with Gasteiger partial charge in [-0.3, -0.25) is 4.79 Å². The molecule has 120 valence electrons. The summed E-state index contributed by atoms with van der Waals surface area (Å²) in [5.41, 5.74) is 0.183. The molecule has 6 nitrogen and oxygen atoms in total. The first-order valence-corrected chi connectivity index (χ1v) is 7.93. The summed E-state index contributed by atoms with van der Waals surface area (Å²) in [6, 6.07) is 10.5. The lowest BCUT2D eigenvalue weighted by Crippen LogP contribution is -2.28. The molecule has 0 aliphatic heterocycles. The van der Waals surface area contributed by atoms with Gasteiger partial charge in [-0.1, -0.05) is 29.5 Å². The lowest BCUT2D eigenvalue weighted by molar-refractivity contribution is 0.0939. The Morgan fingerprint density at radius 1 is 1.38 bits per heavy atom. The molecule has 3 aromatic rings. The molecule has 0 saturated heterocycles. The van der Waals surface area contributed by atoms with Gasteiger partial charge >= 0.3 is 0 Å². The van der Waals surface area contributed by atoms with Crippen molar-refractivity contribution < 1.29 is 9.18 Å². The molecule has 24 heavy (non-hydrogen) atoms. The van der Waals surface area contributed by atoms with E-state index in [1.807, 2.05) is 23.6 Å². The predicted octanol–water partition coefficient (Wildman–Crippen LogP) is 2.52. The highest BCUT2D eigenvalue weighted by atomic mass is 32.1. The third kappa shape index (κ3) is 3.47. The largest absolute Gasteiger partial charge is 0.331 e. The molecule has 0 saturated carbocycles. The van der Waals surface area contributed by atoms with Crippen molar-refractivity contribution >= 4 is 17.2 Å². The number of nitrogens with one attached hydrogen (secondary N) is 1. The van der Waals surface area contributed by atoms with E-state index in [0.717, 1.165) is 4.88 Å². The van der Waals surface area contributed by atoms with E-state index in [2.05, 4.69) is 15.6 Å². The van der Waals surface area contributed by atoms with Gasteiger partial charge in [-0.25, -0.2) is 9.07 Å². The van der Waals surface area contributed by atoms with Crippen molar-refractivity contribution in [3.8, 4) is 6.07 Å². The topological polar surface area (TPSA) is 83.6 Å². The summed E-state index contributed by atoms with van der Waals surface area (Å²) in [6.07, 6.45) is 1.49. The number of hydrogen-bond donors (Lipinski definition) is 1. The van der Waals surface area contributed by atoms with Crippen molar-refractivity contribution in [2.24, 2.45) is 0 Å². The van der Waals surface area contributed by atoms with Crippen molar-refractivity contribution in [2.45, 2.75) is 12.6 Å². The van der Waals surface area contributed by atoms with Crippen LogP contribution in [0.5, 0.6) is 0 Å². The number of hydrogen-bond acceptors (Lipinski definition) is 5. The van der Waals surface area contributed by atoms with Crippen LogP contribution in [0.2, 0.25) is 0 Å². The van der Waals surface area contributed by atoms with Crippen molar-refractivity contribution in [3.63, 3.8) is 0 Å². The van der Waals surface area contributed by atoms with Gasteiger partial charge in [0.1, 0.15) is 11.9 Å². The number of halogens is 1. The smallest absolute Gasteiger partial charge is 0.274 e. The minimum absolute atomic E-state index is 0.0724. The number of nitrogens with zero attached hydrogens (tertiary/aromatic N) is 4. The Morgan fingerprint density at radius 3 is 2.92 bits per heavy atom. The minimum atomic E-state index is -1.10. The fraction of sp³-hybridized carbons (Fsp3) is 0.125. The van der Waals surface area contributed by atoms with Gasteiger partial charge in [0.25, 0.3) is 5.91 Å². The molecule has 8 heteroatoms. The summed E-state index contributed by atoms with van der Waals surface area (Å²) < 4.78 is 15.3. The van der Waals surface area contributed by atoms with Crippen LogP contribution in [-0.4, -0.2) is 20.9 Å². The first-order valence-electron chi connectivity index (χ1n) is 7.05. The molecule has 0 bridgehead atoms. The number of carbonyl (C=O) groups excluding carboxylic acids is 1. The molecule has 1 atom stereocenters. The summed E-state index contributed by atoms with van der Waals surface area (Å²) in [6.45, 7) is 0.507. The van der Waals surface area contributed by atoms with Crippen LogP contribution >= 0.6 is 11.3 Å². The van der Waals surface area contributed by atoms with Crippen molar-refractivity contribution in [2.75, 3.05) is 0 Å². The van der Waals surface area contributed by atoms with E-state index >= 15 is 0 Å². The van der Waals surface area contributed by atoms with Crippen molar-refractivity contribution in [3.05, 3.63) is 69.9 Å². The Hall–Kier alpha value is -3.05. The third-order valence-electron chi connectivity index (χ3n) is 3.29. The second-order valence-corrected chi connectivity index (χ2v) is 5.97. The molecule has 0 spiro atoms. The molecule has 0 fully saturated rings. The Balaban J connectivity index is 1.71. The van der Waals surface area contributed by atoms with Crippen LogP contribution < -0.4 is 5.32 Å². The second kappa shape index (κ2) is 7.02. The lowest BCUT2D eigenvalue weighted by Gasteiger charge is -2.11. The number of rotatable bonds is 5. The zero-order chi connectivity index (χ0) is 16.9. The highest BCUT2D eigenvalue weighted by molar-refractivity contribution is 7.09. The Bertz CT molecular complexity index is 884.